The van der Waals surface area contributed by atoms with E-state index < -0.39 is 0 Å². The Kier molecular flexibility index (Phi) is 4.96. The smallest absolute Gasteiger partial charge is 0.262 e. The van der Waals surface area contributed by atoms with E-state index in [0.717, 1.165) is 0 Å². The zero-order chi connectivity index (χ0) is 16.9. The third-order valence-corrected chi connectivity index (χ3v) is 3.61. The summed E-state index contributed by atoms with van der Waals surface area (Å²) in [6.45, 7) is 0.887. The van der Waals surface area contributed by atoms with Gasteiger partial charge in [-0.25, -0.2) is 0 Å². The quantitative estimate of drug-likeness (QED) is 0.898. The molecule has 0 spiro atoms. The summed E-state index contributed by atoms with van der Waals surface area (Å²) in [6, 6.07) is 10.2. The third-order valence-electron chi connectivity index (χ3n) is 3.32. The number of hydrogen-bond donors (Lipinski definition) is 1. The lowest BCUT2D eigenvalue weighted by Gasteiger charge is -2.18. The van der Waals surface area contributed by atoms with E-state index >= 15 is 0 Å². The van der Waals surface area contributed by atoms with Crippen LogP contribution in [-0.4, -0.2) is 32.8 Å². The first-order valence-corrected chi connectivity index (χ1v) is 7.69. The van der Waals surface area contributed by atoms with Crippen molar-refractivity contribution >= 4 is 23.2 Å². The Hall–Kier alpha value is -2.60. The van der Waals surface area contributed by atoms with Gasteiger partial charge in [-0.3, -0.25) is 4.79 Å². The molecular formula is C17H16ClNO5. The number of rotatable bonds is 5. The van der Waals surface area contributed by atoms with Crippen LogP contribution in [-0.2, 0) is 4.79 Å². The second-order valence-electron chi connectivity index (χ2n) is 4.99. The molecule has 0 aliphatic carbocycles. The average Bonchev–Trinajstić information content (AvgIpc) is 2.60. The Morgan fingerprint density at radius 2 is 1.96 bits per heavy atom. The van der Waals surface area contributed by atoms with Gasteiger partial charge in [0.05, 0.1) is 12.1 Å². The molecule has 24 heavy (non-hydrogen) atoms. The lowest BCUT2D eigenvalue weighted by molar-refractivity contribution is -0.118. The van der Waals surface area contributed by atoms with Crippen molar-refractivity contribution in [2.24, 2.45) is 0 Å². The van der Waals surface area contributed by atoms with Crippen LogP contribution in [0.15, 0.2) is 36.4 Å². The van der Waals surface area contributed by atoms with Gasteiger partial charge in [0.2, 0.25) is 0 Å². The first-order chi connectivity index (χ1) is 11.7. The molecule has 0 saturated heterocycles. The number of carbonyl (C=O) groups is 1. The van der Waals surface area contributed by atoms with E-state index in [4.69, 9.17) is 30.5 Å². The van der Waals surface area contributed by atoms with Gasteiger partial charge in [-0.05, 0) is 30.3 Å². The van der Waals surface area contributed by atoms with Crippen molar-refractivity contribution in [1.82, 2.24) is 0 Å². The number of ether oxygens (including phenoxy) is 4. The summed E-state index contributed by atoms with van der Waals surface area (Å²) in [6.07, 6.45) is 0. The SMILES string of the molecule is COc1ccc(NC(=O)COc2ccc3c(c2)OCCO3)cc1Cl. The molecule has 1 N–H and O–H groups in total. The maximum Gasteiger partial charge on any atom is 0.262 e. The molecule has 0 bridgehead atoms. The molecule has 0 atom stereocenters. The highest BCUT2D eigenvalue weighted by Crippen LogP contribution is 2.33. The van der Waals surface area contributed by atoms with Crippen LogP contribution in [0.2, 0.25) is 5.02 Å². The van der Waals surface area contributed by atoms with Crippen LogP contribution in [0.4, 0.5) is 5.69 Å². The molecule has 7 heteroatoms. The number of benzene rings is 2. The number of methoxy groups -OCH3 is 1. The Morgan fingerprint density at radius 3 is 2.71 bits per heavy atom. The Bertz CT molecular complexity index is 750. The van der Waals surface area contributed by atoms with Crippen LogP contribution >= 0.6 is 11.6 Å². The van der Waals surface area contributed by atoms with E-state index in [1.807, 2.05) is 0 Å². The first kappa shape index (κ1) is 16.3. The largest absolute Gasteiger partial charge is 0.495 e. The van der Waals surface area contributed by atoms with Gasteiger partial charge in [-0.1, -0.05) is 11.6 Å². The highest BCUT2D eigenvalue weighted by Gasteiger charge is 2.13. The maximum absolute atomic E-state index is 12.0. The van der Waals surface area contributed by atoms with Gasteiger partial charge < -0.3 is 24.3 Å². The Morgan fingerprint density at radius 1 is 1.17 bits per heavy atom. The van der Waals surface area contributed by atoms with E-state index in [2.05, 4.69) is 5.32 Å². The fraction of sp³-hybridized carbons (Fsp3) is 0.235. The number of halogens is 1. The molecule has 2 aromatic rings. The maximum atomic E-state index is 12.0. The van der Waals surface area contributed by atoms with Gasteiger partial charge in [0.25, 0.3) is 5.91 Å². The number of nitrogens with one attached hydrogen (secondary N) is 1. The monoisotopic (exact) mass is 349 g/mol. The first-order valence-electron chi connectivity index (χ1n) is 7.31. The highest BCUT2D eigenvalue weighted by atomic mass is 35.5. The number of fused-ring (bicyclic) bond motifs is 1. The van der Waals surface area contributed by atoms with Crippen molar-refractivity contribution in [3.63, 3.8) is 0 Å². The number of hydrogen-bond acceptors (Lipinski definition) is 5. The summed E-state index contributed by atoms with van der Waals surface area (Å²) in [5.74, 6) is 2.06. The highest BCUT2D eigenvalue weighted by molar-refractivity contribution is 6.32. The van der Waals surface area contributed by atoms with Crippen molar-refractivity contribution in [3.05, 3.63) is 41.4 Å². The number of anilines is 1. The number of amides is 1. The summed E-state index contributed by atoms with van der Waals surface area (Å²) in [5, 5.41) is 3.13. The summed E-state index contributed by atoms with van der Waals surface area (Å²) in [4.78, 5) is 12.0. The van der Waals surface area contributed by atoms with Crippen molar-refractivity contribution in [2.45, 2.75) is 0 Å². The summed E-state index contributed by atoms with van der Waals surface area (Å²) in [5.41, 5.74) is 0.566. The normalized spacial score (nSPS) is 12.4. The van der Waals surface area contributed by atoms with Crippen molar-refractivity contribution in [1.29, 1.82) is 0 Å². The van der Waals surface area contributed by atoms with E-state index in [9.17, 15) is 4.79 Å². The van der Waals surface area contributed by atoms with Gasteiger partial charge in [0.15, 0.2) is 18.1 Å². The topological polar surface area (TPSA) is 66.0 Å². The molecule has 0 unspecified atom stereocenters. The van der Waals surface area contributed by atoms with Gasteiger partial charge in [0, 0.05) is 11.8 Å². The van der Waals surface area contributed by atoms with Crippen LogP contribution in [0.1, 0.15) is 0 Å². The molecule has 6 nitrogen and oxygen atoms in total. The van der Waals surface area contributed by atoms with Crippen molar-refractivity contribution < 1.29 is 23.7 Å². The van der Waals surface area contributed by atoms with Gasteiger partial charge >= 0.3 is 0 Å². The molecule has 0 fully saturated rings. The van der Waals surface area contributed by atoms with Crippen LogP contribution in [0.3, 0.4) is 0 Å². The summed E-state index contributed by atoms with van der Waals surface area (Å²) >= 11 is 6.02. The molecular weight excluding hydrogens is 334 g/mol. The molecule has 0 aromatic heterocycles. The van der Waals surface area contributed by atoms with Crippen LogP contribution < -0.4 is 24.3 Å². The fourth-order valence-electron chi connectivity index (χ4n) is 2.20. The van der Waals surface area contributed by atoms with Crippen LogP contribution in [0, 0.1) is 0 Å². The minimum absolute atomic E-state index is 0.136. The third kappa shape index (κ3) is 3.83. The van der Waals surface area contributed by atoms with Gasteiger partial charge in [-0.15, -0.1) is 0 Å². The molecule has 0 saturated carbocycles. The lowest BCUT2D eigenvalue weighted by Crippen LogP contribution is -2.20. The van der Waals surface area contributed by atoms with Crippen molar-refractivity contribution in [2.75, 3.05) is 32.2 Å². The fourth-order valence-corrected chi connectivity index (χ4v) is 2.46. The second kappa shape index (κ2) is 7.31. The molecule has 0 radical (unpaired) electrons. The molecule has 1 aliphatic rings. The molecule has 1 aliphatic heterocycles. The molecule has 2 aromatic carbocycles. The van der Waals surface area contributed by atoms with Gasteiger partial charge in [-0.2, -0.15) is 0 Å². The van der Waals surface area contributed by atoms with Gasteiger partial charge in [0.1, 0.15) is 24.7 Å². The van der Waals surface area contributed by atoms with Crippen LogP contribution in [0.25, 0.3) is 0 Å². The minimum atomic E-state index is -0.300. The summed E-state index contributed by atoms with van der Waals surface area (Å²) in [7, 11) is 1.53. The Balaban J connectivity index is 1.56. The molecule has 1 amide bonds. The zero-order valence-corrected chi connectivity index (χ0v) is 13.8. The Labute approximate surface area is 144 Å². The van der Waals surface area contributed by atoms with Crippen LogP contribution in [0.5, 0.6) is 23.0 Å². The second-order valence-corrected chi connectivity index (χ2v) is 5.40. The van der Waals surface area contributed by atoms with E-state index in [1.54, 1.807) is 36.4 Å². The molecule has 3 rings (SSSR count). The zero-order valence-electron chi connectivity index (χ0n) is 13.0. The van der Waals surface area contributed by atoms with E-state index in [0.29, 0.717) is 46.9 Å². The van der Waals surface area contributed by atoms with E-state index in [1.165, 1.54) is 7.11 Å². The standard InChI is InChI=1S/C17H16ClNO5/c1-21-14-4-2-11(8-13(14)18)19-17(20)10-24-12-3-5-15-16(9-12)23-7-6-22-15/h2-5,8-9H,6-7,10H2,1H3,(H,19,20). The molecule has 126 valence electrons. The predicted octanol–water partition coefficient (Wildman–Crippen LogP) is 3.14. The predicted molar refractivity (Wildman–Crippen MR) is 89.6 cm³/mol. The van der Waals surface area contributed by atoms with E-state index in [-0.39, 0.29) is 12.5 Å². The lowest BCUT2D eigenvalue weighted by atomic mass is 10.3. The number of carbonyl (C=O) groups excluding carboxylic acids is 1. The average molecular weight is 350 g/mol. The molecule has 1 heterocycles. The summed E-state index contributed by atoms with van der Waals surface area (Å²) < 4.78 is 21.4. The van der Waals surface area contributed by atoms with Crippen molar-refractivity contribution in [3.8, 4) is 23.0 Å². The minimum Gasteiger partial charge on any atom is -0.495 e.